The fourth-order valence-electron chi connectivity index (χ4n) is 1.24. The van der Waals surface area contributed by atoms with Gasteiger partial charge in [-0.1, -0.05) is 18.2 Å². The van der Waals surface area contributed by atoms with Crippen LogP contribution < -0.4 is 4.74 Å². The van der Waals surface area contributed by atoms with E-state index in [1.165, 1.54) is 0 Å². The molecule has 16 heavy (non-hydrogen) atoms. The molecule has 0 aliphatic heterocycles. The molecule has 0 aliphatic carbocycles. The number of hydrogen-bond donors (Lipinski definition) is 0. The number of ether oxygens (including phenoxy) is 1. The molecule has 0 saturated carbocycles. The molecule has 0 amide bonds. The van der Waals surface area contributed by atoms with Crippen LogP contribution in [0.3, 0.4) is 0 Å². The summed E-state index contributed by atoms with van der Waals surface area (Å²) in [5.74, 6) is 1.62. The fourth-order valence-corrected chi connectivity index (χ4v) is 2.20. The highest BCUT2D eigenvalue weighted by Crippen LogP contribution is 2.27. The minimum absolute atomic E-state index is 0.783. The van der Waals surface area contributed by atoms with Crippen LogP contribution in [0.4, 0.5) is 0 Å². The van der Waals surface area contributed by atoms with Crippen LogP contribution in [0.1, 0.15) is 0 Å². The predicted molar refractivity (Wildman–Crippen MR) is 70.2 cm³/mol. The normalized spacial score (nSPS) is 10.1. The summed E-state index contributed by atoms with van der Waals surface area (Å²) in [6.45, 7) is 0. The van der Waals surface area contributed by atoms with E-state index in [-0.39, 0.29) is 0 Å². The molecule has 0 spiro atoms. The number of aromatic nitrogens is 1. The molecule has 2 rings (SSSR count). The predicted octanol–water partition coefficient (Wildman–Crippen LogP) is 4.36. The first-order valence-electron chi connectivity index (χ1n) is 4.72. The molecule has 4 heteroatoms. The molecule has 82 valence electrons. The zero-order chi connectivity index (χ0) is 11.4. The summed E-state index contributed by atoms with van der Waals surface area (Å²) in [6.07, 6.45) is 1.99. The minimum atomic E-state index is 0.783. The number of hydrogen-bond acceptors (Lipinski definition) is 3. The molecule has 1 aromatic heterocycles. The molecule has 0 saturated heterocycles. The van der Waals surface area contributed by atoms with Gasteiger partial charge in [-0.15, -0.1) is 11.8 Å². The lowest BCUT2D eigenvalue weighted by atomic mass is 10.3. The second kappa shape index (κ2) is 5.37. The maximum absolute atomic E-state index is 5.72. The van der Waals surface area contributed by atoms with Gasteiger partial charge in [-0.3, -0.25) is 0 Å². The van der Waals surface area contributed by atoms with Crippen LogP contribution in [0.15, 0.2) is 52.1 Å². The highest BCUT2D eigenvalue weighted by molar-refractivity contribution is 9.10. The van der Waals surface area contributed by atoms with Crippen molar-refractivity contribution in [3.8, 4) is 11.5 Å². The molecular weight excluding hydrogens is 286 g/mol. The van der Waals surface area contributed by atoms with Gasteiger partial charge in [0.05, 0.1) is 0 Å². The Morgan fingerprint density at radius 1 is 1.12 bits per heavy atom. The summed E-state index contributed by atoms with van der Waals surface area (Å²) < 4.78 is 6.50. The van der Waals surface area contributed by atoms with Gasteiger partial charge in [0.25, 0.3) is 0 Å². The van der Waals surface area contributed by atoms with Crippen LogP contribution in [-0.4, -0.2) is 11.2 Å². The fraction of sp³-hybridized carbons (Fsp3) is 0.0833. The molecule has 0 unspecified atom stereocenters. The lowest BCUT2D eigenvalue weighted by molar-refractivity contribution is 0.479. The highest BCUT2D eigenvalue weighted by atomic mass is 79.9. The van der Waals surface area contributed by atoms with Crippen molar-refractivity contribution in [2.75, 3.05) is 6.26 Å². The molecule has 0 aliphatic rings. The van der Waals surface area contributed by atoms with Gasteiger partial charge in [-0.2, -0.15) is 0 Å². The Morgan fingerprint density at radius 2 is 1.88 bits per heavy atom. The van der Waals surface area contributed by atoms with Gasteiger partial charge in [0.2, 0.25) is 0 Å². The van der Waals surface area contributed by atoms with E-state index in [9.17, 15) is 0 Å². The molecule has 0 fully saturated rings. The number of nitrogens with zero attached hydrogens (tertiary/aromatic N) is 1. The topological polar surface area (TPSA) is 22.1 Å². The van der Waals surface area contributed by atoms with E-state index in [4.69, 9.17) is 4.74 Å². The van der Waals surface area contributed by atoms with E-state index in [1.54, 1.807) is 11.8 Å². The van der Waals surface area contributed by atoms with Gasteiger partial charge < -0.3 is 4.74 Å². The standard InChI is InChI=1S/C12H10BrNOS/c1-16-12-8-10(7-11(13)14-12)15-9-5-3-2-4-6-9/h2-8H,1H3. The number of thioether (sulfide) groups is 1. The van der Waals surface area contributed by atoms with Gasteiger partial charge in [-0.05, 0) is 34.3 Å². The van der Waals surface area contributed by atoms with Gasteiger partial charge in [0.15, 0.2) is 0 Å². The van der Waals surface area contributed by atoms with Crippen LogP contribution in [0, 0.1) is 0 Å². The molecule has 0 radical (unpaired) electrons. The summed E-state index contributed by atoms with van der Waals surface area (Å²) in [5, 5.41) is 0.931. The molecular formula is C12H10BrNOS. The third-order valence-corrected chi connectivity index (χ3v) is 2.97. The van der Waals surface area contributed by atoms with Crippen molar-refractivity contribution in [1.82, 2.24) is 4.98 Å². The summed E-state index contributed by atoms with van der Waals surface area (Å²) in [6, 6.07) is 13.5. The Kier molecular flexibility index (Phi) is 3.85. The Labute approximate surface area is 107 Å². The van der Waals surface area contributed by atoms with Crippen LogP contribution in [0.2, 0.25) is 0 Å². The van der Waals surface area contributed by atoms with Gasteiger partial charge in [-0.25, -0.2) is 4.98 Å². The summed E-state index contributed by atoms with van der Waals surface area (Å²) >= 11 is 4.95. The number of pyridine rings is 1. The van der Waals surface area contributed by atoms with E-state index in [0.717, 1.165) is 21.1 Å². The minimum Gasteiger partial charge on any atom is -0.457 e. The molecule has 2 nitrogen and oxygen atoms in total. The molecule has 1 heterocycles. The van der Waals surface area contributed by atoms with Gasteiger partial charge in [0, 0.05) is 12.1 Å². The van der Waals surface area contributed by atoms with E-state index in [1.807, 2.05) is 48.7 Å². The number of benzene rings is 1. The van der Waals surface area contributed by atoms with Gasteiger partial charge in [0.1, 0.15) is 21.1 Å². The van der Waals surface area contributed by atoms with E-state index >= 15 is 0 Å². The van der Waals surface area contributed by atoms with E-state index < -0.39 is 0 Å². The Hall–Kier alpha value is -1.000. The Bertz CT molecular complexity index is 476. The van der Waals surface area contributed by atoms with Crippen molar-refractivity contribution in [2.24, 2.45) is 0 Å². The van der Waals surface area contributed by atoms with E-state index in [0.29, 0.717) is 0 Å². The van der Waals surface area contributed by atoms with Crippen molar-refractivity contribution in [3.63, 3.8) is 0 Å². The van der Waals surface area contributed by atoms with Crippen molar-refractivity contribution >= 4 is 27.7 Å². The monoisotopic (exact) mass is 295 g/mol. The summed E-state index contributed by atoms with van der Waals surface area (Å²) in [4.78, 5) is 4.29. The number of halogens is 1. The SMILES string of the molecule is CSc1cc(Oc2ccccc2)cc(Br)n1. The number of rotatable bonds is 3. The average Bonchev–Trinajstić information content (AvgIpc) is 2.29. The Morgan fingerprint density at radius 3 is 2.56 bits per heavy atom. The van der Waals surface area contributed by atoms with Gasteiger partial charge >= 0.3 is 0 Å². The highest BCUT2D eigenvalue weighted by Gasteiger charge is 2.02. The summed E-state index contributed by atoms with van der Waals surface area (Å²) in [7, 11) is 0. The zero-order valence-electron chi connectivity index (χ0n) is 8.68. The number of para-hydroxylation sites is 1. The molecule has 2 aromatic rings. The lowest BCUT2D eigenvalue weighted by Gasteiger charge is -2.06. The second-order valence-electron chi connectivity index (χ2n) is 3.08. The third-order valence-electron chi connectivity index (χ3n) is 1.93. The van der Waals surface area contributed by atoms with Crippen LogP contribution >= 0.6 is 27.7 Å². The summed E-state index contributed by atoms with van der Waals surface area (Å²) in [5.41, 5.74) is 0. The van der Waals surface area contributed by atoms with Crippen LogP contribution in [0.5, 0.6) is 11.5 Å². The Balaban J connectivity index is 2.24. The largest absolute Gasteiger partial charge is 0.457 e. The second-order valence-corrected chi connectivity index (χ2v) is 4.72. The molecule has 0 bridgehead atoms. The zero-order valence-corrected chi connectivity index (χ0v) is 11.1. The first-order valence-corrected chi connectivity index (χ1v) is 6.74. The smallest absolute Gasteiger partial charge is 0.132 e. The molecule has 1 aromatic carbocycles. The van der Waals surface area contributed by atoms with E-state index in [2.05, 4.69) is 20.9 Å². The lowest BCUT2D eigenvalue weighted by Crippen LogP contribution is -1.87. The third kappa shape index (κ3) is 3.00. The first-order chi connectivity index (χ1) is 7.78. The quantitative estimate of drug-likeness (QED) is 0.620. The maximum atomic E-state index is 5.72. The van der Waals surface area contributed by atoms with Crippen molar-refractivity contribution in [2.45, 2.75) is 5.03 Å². The van der Waals surface area contributed by atoms with Crippen molar-refractivity contribution in [1.29, 1.82) is 0 Å². The van der Waals surface area contributed by atoms with Crippen molar-refractivity contribution in [3.05, 3.63) is 47.1 Å². The molecule has 0 N–H and O–H groups in total. The van der Waals surface area contributed by atoms with Crippen LogP contribution in [0.25, 0.3) is 0 Å². The first kappa shape index (κ1) is 11.5. The van der Waals surface area contributed by atoms with Crippen molar-refractivity contribution < 1.29 is 4.74 Å². The average molecular weight is 296 g/mol. The maximum Gasteiger partial charge on any atom is 0.132 e. The molecule has 0 atom stereocenters. The van der Waals surface area contributed by atoms with Crippen LogP contribution in [-0.2, 0) is 0 Å².